The lowest BCUT2D eigenvalue weighted by Gasteiger charge is -2.33. The summed E-state index contributed by atoms with van der Waals surface area (Å²) in [5, 5.41) is 68.7. The quantitative estimate of drug-likeness (QED) is 0.0154. The Bertz CT molecular complexity index is 3440. The Morgan fingerprint density at radius 1 is 0.534 bits per heavy atom. The summed E-state index contributed by atoms with van der Waals surface area (Å²) in [4.78, 5) is 185. The van der Waals surface area contributed by atoms with E-state index in [0.29, 0.717) is 50.0 Å². The SMILES string of the molecule is C[C@@H](NC(=S)Nc1ccc(CC2CN(CC(=O)O)CCN(CC(=O)O)CCN2CC(=O)O)cc1)C(=O)N[C@H](CCCCNC(=O)CNC(=O)CCC(=O)NCCc1cnc[nH]1)C(=O)N[C@H](Cc1ccc(O)cc1)C(=O)N[C@H](CCCCNC(=O)CNC(=O)CCC(=O)NCCc1cnc[nH]1)C(N)=O. The van der Waals surface area contributed by atoms with Gasteiger partial charge in [0.2, 0.25) is 59.1 Å². The van der Waals surface area contributed by atoms with Crippen molar-refractivity contribution >= 4 is 100.0 Å². The number of phenolic OH excluding ortho intramolecular Hbond substituents is 1. The number of carbonyl (C=O) groups is 13. The minimum atomic E-state index is -1.42. The zero-order valence-corrected chi connectivity index (χ0v) is 58.2. The third kappa shape index (κ3) is 34.5. The molecule has 5 atom stereocenters. The Morgan fingerprint density at radius 3 is 1.50 bits per heavy atom. The van der Waals surface area contributed by atoms with Crippen LogP contribution in [0.3, 0.4) is 0 Å². The van der Waals surface area contributed by atoms with E-state index in [9.17, 15) is 82.8 Å². The van der Waals surface area contributed by atoms with Gasteiger partial charge in [-0.1, -0.05) is 24.3 Å². The van der Waals surface area contributed by atoms with Crippen LogP contribution in [0.2, 0.25) is 0 Å². The van der Waals surface area contributed by atoms with Crippen molar-refractivity contribution in [2.45, 2.75) is 127 Å². The fourth-order valence-electron chi connectivity index (χ4n) is 10.7. The van der Waals surface area contributed by atoms with E-state index in [2.05, 4.69) is 78.4 Å². The van der Waals surface area contributed by atoms with Gasteiger partial charge in [-0.25, -0.2) is 9.97 Å². The molecule has 2 aromatic carbocycles. The molecule has 103 heavy (non-hydrogen) atoms. The van der Waals surface area contributed by atoms with Gasteiger partial charge in [0.25, 0.3) is 0 Å². The summed E-state index contributed by atoms with van der Waals surface area (Å²) in [5.74, 6) is -9.45. The molecule has 1 unspecified atom stereocenters. The molecule has 19 N–H and O–H groups in total. The van der Waals surface area contributed by atoms with Crippen molar-refractivity contribution in [2.75, 3.05) is 96.9 Å². The summed E-state index contributed by atoms with van der Waals surface area (Å²) in [5.41, 5.74) is 9.14. The van der Waals surface area contributed by atoms with Crippen molar-refractivity contribution < 1.29 is 82.8 Å². The van der Waals surface area contributed by atoms with Crippen molar-refractivity contribution in [3.05, 3.63) is 96.1 Å². The van der Waals surface area contributed by atoms with Crippen molar-refractivity contribution in [1.82, 2.24) is 87.8 Å². The molecular formula is C66H95N19O17S. The highest BCUT2D eigenvalue weighted by molar-refractivity contribution is 7.80. The van der Waals surface area contributed by atoms with Crippen LogP contribution in [0.4, 0.5) is 5.69 Å². The van der Waals surface area contributed by atoms with Gasteiger partial charge in [0, 0.05) is 139 Å². The molecule has 10 amide bonds. The lowest BCUT2D eigenvalue weighted by molar-refractivity contribution is -0.140. The van der Waals surface area contributed by atoms with Gasteiger partial charge in [0.05, 0.1) is 45.4 Å². The minimum Gasteiger partial charge on any atom is -0.508 e. The number of amides is 10. The summed E-state index contributed by atoms with van der Waals surface area (Å²) in [6.07, 6.45) is 7.95. The molecule has 0 aliphatic carbocycles. The number of aromatic hydroxyl groups is 1. The first kappa shape index (κ1) is 83.0. The Kier molecular flexibility index (Phi) is 36.5. The van der Waals surface area contributed by atoms with Crippen LogP contribution >= 0.6 is 12.2 Å². The van der Waals surface area contributed by atoms with E-state index in [4.69, 9.17) is 18.0 Å². The topological polar surface area (TPSA) is 528 Å². The van der Waals surface area contributed by atoms with Gasteiger partial charge in [0.15, 0.2) is 5.11 Å². The number of hydrogen-bond acceptors (Lipinski definition) is 20. The number of nitrogens with two attached hydrogens (primary N) is 1. The smallest absolute Gasteiger partial charge is 0.317 e. The predicted octanol–water partition coefficient (Wildman–Crippen LogP) is -3.14. The van der Waals surface area contributed by atoms with E-state index in [1.54, 1.807) is 51.4 Å². The molecule has 37 heteroatoms. The van der Waals surface area contributed by atoms with Crippen LogP contribution in [-0.4, -0.2) is 259 Å². The van der Waals surface area contributed by atoms with Crippen LogP contribution in [0.5, 0.6) is 5.75 Å². The van der Waals surface area contributed by atoms with Crippen LogP contribution in [0.15, 0.2) is 73.6 Å². The molecule has 36 nitrogen and oxygen atoms in total. The van der Waals surface area contributed by atoms with Crippen molar-refractivity contribution in [3.63, 3.8) is 0 Å². The number of phenols is 1. The van der Waals surface area contributed by atoms with E-state index in [1.165, 1.54) is 43.8 Å². The lowest BCUT2D eigenvalue weighted by Crippen LogP contribution is -2.58. The molecule has 2 aromatic heterocycles. The number of H-pyrrole nitrogens is 2. The normalized spacial score (nSPS) is 14.6. The molecule has 1 aliphatic rings. The van der Waals surface area contributed by atoms with Gasteiger partial charge < -0.3 is 94.6 Å². The minimum absolute atomic E-state index is 0.00406. The summed E-state index contributed by atoms with van der Waals surface area (Å²) in [6, 6.07) is 7.03. The van der Waals surface area contributed by atoms with Gasteiger partial charge in [-0.15, -0.1) is 0 Å². The Hall–Kier alpha value is -10.7. The molecule has 562 valence electrons. The first-order valence-corrected chi connectivity index (χ1v) is 34.2. The number of rotatable bonds is 45. The van der Waals surface area contributed by atoms with E-state index in [1.807, 2.05) is 0 Å². The number of thiocarbonyl (C=S) groups is 1. The standard InChI is InChI=1S/C66H95N19O17S/c1-42(78-66(103)79-45-12-8-43(9-13-45)30-48-36-84(38-60(95)96)27-26-83(37-59(93)94)28-29-85(48)39-61(97)98)63(100)81-51(7-3-5-23-71-58(92)35-75-56(90)19-17-54(88)73-25-21-47-33-69-41-77-47)64(101)82-52(31-44-10-14-49(86)15-11-44)65(102)80-50(62(67)99)6-2-4-22-70-57(91)34-74-55(89)18-16-53(87)72-24-20-46-32-68-40-76-46/h8-15,32-33,40-42,48,50-52,86H,2-7,16-31,34-39H2,1H3,(H2,67,99)(H,68,76)(H,69,77)(H,70,91)(H,71,92)(H,72,87)(H,73,88)(H,74,89)(H,75,90)(H,80,102)(H,81,100)(H,82,101)(H,93,94)(H,95,96)(H,97,98)(H2,78,79,103)/t42-,48?,50-,51-,52-/m1/s1. The van der Waals surface area contributed by atoms with Crippen LogP contribution in [0, 0.1) is 0 Å². The average Bonchev–Trinajstić information content (AvgIpc) is 1.52. The number of primary amides is 1. The van der Waals surface area contributed by atoms with Crippen molar-refractivity contribution in [3.8, 4) is 5.75 Å². The maximum Gasteiger partial charge on any atom is 0.317 e. The first-order valence-electron chi connectivity index (χ1n) is 33.8. The maximum atomic E-state index is 14.6. The predicted molar refractivity (Wildman–Crippen MR) is 376 cm³/mol. The van der Waals surface area contributed by atoms with Gasteiger partial charge in [-0.2, -0.15) is 0 Å². The monoisotopic (exact) mass is 1460 g/mol. The Morgan fingerprint density at radius 2 is 0.990 bits per heavy atom. The number of benzene rings is 2. The number of hydrogen-bond donors (Lipinski definition) is 18. The van der Waals surface area contributed by atoms with Crippen molar-refractivity contribution in [1.29, 1.82) is 0 Å². The molecule has 0 spiro atoms. The number of nitrogens with one attached hydrogen (secondary N) is 13. The molecule has 3 heterocycles. The van der Waals surface area contributed by atoms with Crippen LogP contribution < -0.4 is 64.2 Å². The van der Waals surface area contributed by atoms with Crippen LogP contribution in [-0.2, 0) is 88.0 Å². The average molecular weight is 1460 g/mol. The number of unbranched alkanes of at least 4 members (excludes halogenated alkanes) is 2. The molecule has 1 aliphatic heterocycles. The highest BCUT2D eigenvalue weighted by Crippen LogP contribution is 2.18. The fourth-order valence-corrected chi connectivity index (χ4v) is 11.0. The third-order valence-electron chi connectivity index (χ3n) is 16.3. The van der Waals surface area contributed by atoms with E-state index in [0.717, 1.165) is 17.0 Å². The second kappa shape index (κ2) is 45.3. The molecule has 4 aromatic rings. The Balaban J connectivity index is 1.19. The zero-order valence-electron chi connectivity index (χ0n) is 57.4. The molecule has 0 radical (unpaired) electrons. The second-order valence-corrected chi connectivity index (χ2v) is 25.0. The first-order chi connectivity index (χ1) is 49.3. The molecule has 1 fully saturated rings. The summed E-state index contributed by atoms with van der Waals surface area (Å²) >= 11 is 5.60. The number of carbonyl (C=O) groups excluding carboxylic acids is 10. The molecule has 0 bridgehead atoms. The van der Waals surface area contributed by atoms with E-state index in [-0.39, 0.29) is 165 Å². The van der Waals surface area contributed by atoms with Gasteiger partial charge in [0.1, 0.15) is 29.9 Å². The number of imidazole rings is 2. The summed E-state index contributed by atoms with van der Waals surface area (Å²) in [6.45, 7) is 1.65. The Labute approximate surface area is 599 Å². The van der Waals surface area contributed by atoms with Gasteiger partial charge in [-0.3, -0.25) is 77.0 Å². The molecular weight excluding hydrogens is 1360 g/mol. The van der Waals surface area contributed by atoms with Crippen molar-refractivity contribution in [2.24, 2.45) is 5.73 Å². The number of anilines is 1. The molecule has 0 saturated carbocycles. The highest BCUT2D eigenvalue weighted by atomic mass is 32.1. The fraction of sp³-hybridized carbons (Fsp3) is 0.515. The van der Waals surface area contributed by atoms with Crippen LogP contribution in [0.25, 0.3) is 0 Å². The highest BCUT2D eigenvalue weighted by Gasteiger charge is 2.32. The molecule has 5 rings (SSSR count). The van der Waals surface area contributed by atoms with E-state index < -0.39 is 95.4 Å². The number of nitrogens with zero attached hydrogens (tertiary/aromatic N) is 5. The number of aromatic amines is 2. The van der Waals surface area contributed by atoms with E-state index >= 15 is 0 Å². The van der Waals surface area contributed by atoms with Gasteiger partial charge in [-0.05, 0) is 99.5 Å². The summed E-state index contributed by atoms with van der Waals surface area (Å²) < 4.78 is 0. The third-order valence-corrected chi connectivity index (χ3v) is 16.5. The maximum absolute atomic E-state index is 14.6. The zero-order chi connectivity index (χ0) is 75.1. The largest absolute Gasteiger partial charge is 0.508 e. The van der Waals surface area contributed by atoms with Crippen LogP contribution in [0.1, 0.15) is 93.6 Å². The second-order valence-electron chi connectivity index (χ2n) is 24.6. The summed E-state index contributed by atoms with van der Waals surface area (Å²) in [7, 11) is 0. The number of aromatic nitrogens is 4. The number of carboxylic acid groups (broad SMARTS) is 3. The van der Waals surface area contributed by atoms with Gasteiger partial charge >= 0.3 is 17.9 Å². The number of aliphatic carboxylic acids is 3. The number of carboxylic acids is 3. The lowest BCUT2D eigenvalue weighted by atomic mass is 10.0. The molecule has 1 saturated heterocycles.